The molecule has 0 aromatic heterocycles. The van der Waals surface area contributed by atoms with Gasteiger partial charge in [0.2, 0.25) is 0 Å². The molecule has 2 heteroatoms. The molecule has 1 saturated heterocycles. The minimum absolute atomic E-state index is 1.14. The Labute approximate surface area is 63.8 Å². The fraction of sp³-hybridized carbons (Fsp3) is 1.00. The van der Waals surface area contributed by atoms with E-state index in [0.717, 1.165) is 6.67 Å². The zero-order valence-electron chi connectivity index (χ0n) is 7.14. The van der Waals surface area contributed by atoms with Crippen molar-refractivity contribution >= 4 is 0 Å². The Balaban J connectivity index is 2.25. The van der Waals surface area contributed by atoms with Crippen molar-refractivity contribution < 1.29 is 0 Å². The van der Waals surface area contributed by atoms with E-state index in [-0.39, 0.29) is 0 Å². The number of rotatable bonds is 0. The highest BCUT2D eigenvalue weighted by molar-refractivity contribution is 4.58. The van der Waals surface area contributed by atoms with E-state index in [1.165, 1.54) is 32.4 Å². The van der Waals surface area contributed by atoms with Crippen LogP contribution in [0.1, 0.15) is 19.3 Å². The predicted octanol–water partition coefficient (Wildman–Crippen LogP) is 0.991. The van der Waals surface area contributed by atoms with Crippen LogP contribution in [0.4, 0.5) is 0 Å². The monoisotopic (exact) mass is 142 g/mol. The van der Waals surface area contributed by atoms with Crippen molar-refractivity contribution in [1.82, 2.24) is 9.80 Å². The molecule has 0 spiro atoms. The molecule has 0 aromatic carbocycles. The summed E-state index contributed by atoms with van der Waals surface area (Å²) in [5.41, 5.74) is 0. The van der Waals surface area contributed by atoms with Crippen molar-refractivity contribution in [3.8, 4) is 0 Å². The van der Waals surface area contributed by atoms with E-state index in [2.05, 4.69) is 23.9 Å². The molecule has 1 fully saturated rings. The standard InChI is InChI=1S/C8H18N2/c1-9-6-4-3-5-7-10(2)8-9/h3-8H2,1-2H3. The van der Waals surface area contributed by atoms with Gasteiger partial charge < -0.3 is 0 Å². The molecule has 0 bridgehead atoms. The largest absolute Gasteiger partial charge is 0.294 e. The quantitative estimate of drug-likeness (QED) is 0.497. The summed E-state index contributed by atoms with van der Waals surface area (Å²) in [7, 11) is 4.39. The summed E-state index contributed by atoms with van der Waals surface area (Å²) in [4.78, 5) is 4.78. The first-order valence-corrected chi connectivity index (χ1v) is 4.16. The third-order valence-corrected chi connectivity index (χ3v) is 2.06. The summed E-state index contributed by atoms with van der Waals surface area (Å²) in [6.45, 7) is 3.68. The van der Waals surface area contributed by atoms with Gasteiger partial charge in [-0.2, -0.15) is 0 Å². The lowest BCUT2D eigenvalue weighted by molar-refractivity contribution is 0.162. The van der Waals surface area contributed by atoms with E-state index >= 15 is 0 Å². The second kappa shape index (κ2) is 3.94. The molecule has 0 atom stereocenters. The first kappa shape index (κ1) is 8.02. The fourth-order valence-corrected chi connectivity index (χ4v) is 1.49. The molecular weight excluding hydrogens is 124 g/mol. The minimum atomic E-state index is 1.14. The van der Waals surface area contributed by atoms with Crippen molar-refractivity contribution in [3.05, 3.63) is 0 Å². The first-order chi connectivity index (χ1) is 4.79. The molecule has 1 rings (SSSR count). The molecule has 2 nitrogen and oxygen atoms in total. The van der Waals surface area contributed by atoms with E-state index in [1.807, 2.05) is 0 Å². The maximum absolute atomic E-state index is 2.39. The lowest BCUT2D eigenvalue weighted by Gasteiger charge is -2.26. The average molecular weight is 142 g/mol. The molecule has 1 aliphatic heterocycles. The van der Waals surface area contributed by atoms with Gasteiger partial charge in [-0.05, 0) is 40.0 Å². The third kappa shape index (κ3) is 2.67. The van der Waals surface area contributed by atoms with Crippen LogP contribution < -0.4 is 0 Å². The van der Waals surface area contributed by atoms with Crippen LogP contribution in [0.15, 0.2) is 0 Å². The van der Waals surface area contributed by atoms with Crippen LogP contribution in [0.5, 0.6) is 0 Å². The van der Waals surface area contributed by atoms with Gasteiger partial charge in [-0.1, -0.05) is 6.42 Å². The maximum Gasteiger partial charge on any atom is 0.0500 e. The van der Waals surface area contributed by atoms with Gasteiger partial charge in [0.1, 0.15) is 0 Å². The zero-order chi connectivity index (χ0) is 7.40. The summed E-state index contributed by atoms with van der Waals surface area (Å²) in [5.74, 6) is 0. The van der Waals surface area contributed by atoms with Crippen LogP contribution in [0.3, 0.4) is 0 Å². The van der Waals surface area contributed by atoms with E-state index in [1.54, 1.807) is 0 Å². The Morgan fingerprint density at radius 2 is 1.30 bits per heavy atom. The van der Waals surface area contributed by atoms with Gasteiger partial charge in [-0.25, -0.2) is 0 Å². The number of hydrogen-bond acceptors (Lipinski definition) is 2. The molecule has 10 heavy (non-hydrogen) atoms. The van der Waals surface area contributed by atoms with Crippen LogP contribution in [0.2, 0.25) is 0 Å². The van der Waals surface area contributed by atoms with Gasteiger partial charge in [-0.15, -0.1) is 0 Å². The lowest BCUT2D eigenvalue weighted by atomic mass is 10.2. The second-order valence-electron chi connectivity index (χ2n) is 3.36. The topological polar surface area (TPSA) is 6.48 Å². The molecule has 0 N–H and O–H groups in total. The lowest BCUT2D eigenvalue weighted by Crippen LogP contribution is -2.35. The second-order valence-corrected chi connectivity index (χ2v) is 3.36. The summed E-state index contributed by atoms with van der Waals surface area (Å²) >= 11 is 0. The first-order valence-electron chi connectivity index (χ1n) is 4.16. The molecule has 0 aromatic rings. The summed E-state index contributed by atoms with van der Waals surface area (Å²) < 4.78 is 0. The summed E-state index contributed by atoms with van der Waals surface area (Å²) in [5, 5.41) is 0. The summed E-state index contributed by atoms with van der Waals surface area (Å²) in [6, 6.07) is 0. The highest BCUT2D eigenvalue weighted by Gasteiger charge is 2.05. The number of hydrogen-bond donors (Lipinski definition) is 0. The van der Waals surface area contributed by atoms with E-state index in [4.69, 9.17) is 0 Å². The smallest absolute Gasteiger partial charge is 0.0500 e. The van der Waals surface area contributed by atoms with Crippen molar-refractivity contribution in [2.24, 2.45) is 0 Å². The normalized spacial score (nSPS) is 25.8. The highest BCUT2D eigenvalue weighted by Crippen LogP contribution is 2.03. The van der Waals surface area contributed by atoms with E-state index < -0.39 is 0 Å². The van der Waals surface area contributed by atoms with Gasteiger partial charge in [0.15, 0.2) is 0 Å². The Morgan fingerprint density at radius 3 is 1.80 bits per heavy atom. The van der Waals surface area contributed by atoms with Crippen molar-refractivity contribution in [1.29, 1.82) is 0 Å². The van der Waals surface area contributed by atoms with E-state index in [0.29, 0.717) is 0 Å². The Morgan fingerprint density at radius 1 is 0.800 bits per heavy atom. The number of nitrogens with zero attached hydrogens (tertiary/aromatic N) is 2. The minimum Gasteiger partial charge on any atom is -0.294 e. The molecule has 60 valence electrons. The van der Waals surface area contributed by atoms with Gasteiger partial charge in [0, 0.05) is 0 Å². The Hall–Kier alpha value is -0.0800. The predicted molar refractivity (Wildman–Crippen MR) is 44.0 cm³/mol. The van der Waals surface area contributed by atoms with Crippen molar-refractivity contribution in [3.63, 3.8) is 0 Å². The van der Waals surface area contributed by atoms with Crippen molar-refractivity contribution in [2.75, 3.05) is 33.9 Å². The molecule has 0 saturated carbocycles. The molecule has 0 radical (unpaired) electrons. The van der Waals surface area contributed by atoms with Crippen LogP contribution in [-0.4, -0.2) is 43.7 Å². The van der Waals surface area contributed by atoms with Gasteiger partial charge in [-0.3, -0.25) is 9.80 Å². The molecule has 0 unspecified atom stereocenters. The van der Waals surface area contributed by atoms with Gasteiger partial charge >= 0.3 is 0 Å². The molecule has 0 amide bonds. The van der Waals surface area contributed by atoms with Crippen LogP contribution in [-0.2, 0) is 0 Å². The molecule has 0 aliphatic carbocycles. The zero-order valence-corrected chi connectivity index (χ0v) is 7.14. The van der Waals surface area contributed by atoms with Crippen LogP contribution in [0, 0.1) is 0 Å². The van der Waals surface area contributed by atoms with Crippen LogP contribution in [0.25, 0.3) is 0 Å². The van der Waals surface area contributed by atoms with E-state index in [9.17, 15) is 0 Å². The fourth-order valence-electron chi connectivity index (χ4n) is 1.49. The SMILES string of the molecule is CN1CCCCCN(C)C1. The third-order valence-electron chi connectivity index (χ3n) is 2.06. The Kier molecular flexibility index (Phi) is 3.16. The highest BCUT2D eigenvalue weighted by atomic mass is 15.3. The molecule has 1 aliphatic rings. The average Bonchev–Trinajstić information content (AvgIpc) is 1.83. The molecule has 1 heterocycles. The van der Waals surface area contributed by atoms with Gasteiger partial charge in [0.25, 0.3) is 0 Å². The maximum atomic E-state index is 2.39. The van der Waals surface area contributed by atoms with Crippen LogP contribution >= 0.6 is 0 Å². The van der Waals surface area contributed by atoms with Crippen molar-refractivity contribution in [2.45, 2.75) is 19.3 Å². The Bertz CT molecular complexity index is 83.3. The van der Waals surface area contributed by atoms with Gasteiger partial charge in [0.05, 0.1) is 6.67 Å². The summed E-state index contributed by atoms with van der Waals surface area (Å²) in [6.07, 6.45) is 4.16. The molecular formula is C8H18N2.